The third kappa shape index (κ3) is 1.93. The van der Waals surface area contributed by atoms with Crippen LogP contribution in [0.4, 0.5) is 0 Å². The Balaban J connectivity index is 1.74. The van der Waals surface area contributed by atoms with Crippen LogP contribution >= 0.6 is 0 Å². The second kappa shape index (κ2) is 5.77. The summed E-state index contributed by atoms with van der Waals surface area (Å²) in [5.74, 6) is -0.0529. The Morgan fingerprint density at radius 3 is 2.48 bits per heavy atom. The van der Waals surface area contributed by atoms with Crippen molar-refractivity contribution in [2.75, 3.05) is 0 Å². The fourth-order valence-electron chi connectivity index (χ4n) is 7.24. The zero-order chi connectivity index (χ0) is 22.2. The van der Waals surface area contributed by atoms with E-state index in [9.17, 15) is 10.2 Å². The zero-order valence-electron chi connectivity index (χ0n) is 18.5. The van der Waals surface area contributed by atoms with Gasteiger partial charge in [0.25, 0.3) is 0 Å². The van der Waals surface area contributed by atoms with E-state index in [4.69, 9.17) is 4.74 Å². The SMILES string of the molecule is CC(O)C1C[C@H]2O[C@]1(C)n1c3ccccc3c3c4c(c5c6ccccc6n2c5c31)C(O)NC4. The van der Waals surface area contributed by atoms with Crippen LogP contribution in [0.25, 0.3) is 43.6 Å². The molecule has 3 aliphatic rings. The lowest BCUT2D eigenvalue weighted by Crippen LogP contribution is -2.40. The topological polar surface area (TPSA) is 71.6 Å². The van der Waals surface area contributed by atoms with Crippen LogP contribution in [-0.2, 0) is 17.0 Å². The largest absolute Gasteiger partial charge is 0.393 e. The van der Waals surface area contributed by atoms with E-state index in [-0.39, 0.29) is 12.1 Å². The normalized spacial score (nSPS) is 29.0. The van der Waals surface area contributed by atoms with Crippen molar-refractivity contribution in [3.63, 3.8) is 0 Å². The number of fused-ring (bicyclic) bond motifs is 13. The second-order valence-corrected chi connectivity index (χ2v) is 10.1. The molecule has 6 nitrogen and oxygen atoms in total. The number of aliphatic hydroxyl groups is 2. The molecule has 2 bridgehead atoms. The molecule has 0 amide bonds. The summed E-state index contributed by atoms with van der Waals surface area (Å²) < 4.78 is 11.6. The second-order valence-electron chi connectivity index (χ2n) is 10.1. The molecule has 0 radical (unpaired) electrons. The molecule has 8 rings (SSSR count). The summed E-state index contributed by atoms with van der Waals surface area (Å²) in [6.45, 7) is 4.64. The van der Waals surface area contributed by atoms with Gasteiger partial charge in [0.15, 0.2) is 5.72 Å². The molecule has 3 N–H and O–H groups in total. The summed E-state index contributed by atoms with van der Waals surface area (Å²) in [5, 5.41) is 29.8. The number of aliphatic hydroxyl groups excluding tert-OH is 2. The molecule has 0 aliphatic carbocycles. The fourth-order valence-corrected chi connectivity index (χ4v) is 7.24. The van der Waals surface area contributed by atoms with Crippen molar-refractivity contribution in [1.29, 1.82) is 0 Å². The van der Waals surface area contributed by atoms with Crippen LogP contribution < -0.4 is 5.32 Å². The quantitative estimate of drug-likeness (QED) is 0.357. The Kier molecular flexibility index (Phi) is 3.24. The predicted molar refractivity (Wildman–Crippen MR) is 128 cm³/mol. The van der Waals surface area contributed by atoms with Gasteiger partial charge in [0, 0.05) is 46.0 Å². The summed E-state index contributed by atoms with van der Waals surface area (Å²) in [6, 6.07) is 16.9. The monoisotopic (exact) mass is 439 g/mol. The summed E-state index contributed by atoms with van der Waals surface area (Å²) in [4.78, 5) is 0. The van der Waals surface area contributed by atoms with Crippen LogP contribution in [0, 0.1) is 5.92 Å². The van der Waals surface area contributed by atoms with Gasteiger partial charge in [0.1, 0.15) is 12.5 Å². The first-order valence-corrected chi connectivity index (χ1v) is 11.8. The minimum Gasteiger partial charge on any atom is -0.393 e. The molecule has 3 aromatic carbocycles. The van der Waals surface area contributed by atoms with Crippen LogP contribution in [0.1, 0.15) is 43.9 Å². The third-order valence-electron chi connectivity index (χ3n) is 8.48. The standard InChI is InChI=1S/C27H25N3O3/c1-13(31)17-11-20-29-18-9-5-3-7-14(18)22-23-16(12-28-26(23)32)21-15-8-4-6-10-19(15)30(25(21)24(22)29)27(17,2)33-20/h3-10,13,17,20,26,28,31-32H,11-12H2,1-2H3/t13?,17?,20-,26?,27+/m1/s1. The Hall–Kier alpha value is -2.90. The van der Waals surface area contributed by atoms with E-state index in [1.807, 2.05) is 6.92 Å². The Morgan fingerprint density at radius 2 is 1.73 bits per heavy atom. The van der Waals surface area contributed by atoms with Crippen molar-refractivity contribution in [1.82, 2.24) is 14.5 Å². The third-order valence-corrected chi connectivity index (χ3v) is 8.48. The molecule has 1 saturated heterocycles. The first kappa shape index (κ1) is 18.5. The van der Waals surface area contributed by atoms with Gasteiger partial charge >= 0.3 is 0 Å². The average molecular weight is 440 g/mol. The van der Waals surface area contributed by atoms with Crippen LogP contribution in [0.2, 0.25) is 0 Å². The van der Waals surface area contributed by atoms with Crippen LogP contribution in [0.5, 0.6) is 0 Å². The van der Waals surface area contributed by atoms with Gasteiger partial charge in [0.2, 0.25) is 0 Å². The molecule has 1 fully saturated rings. The van der Waals surface area contributed by atoms with Gasteiger partial charge < -0.3 is 24.1 Å². The molecule has 33 heavy (non-hydrogen) atoms. The van der Waals surface area contributed by atoms with Gasteiger partial charge in [-0.1, -0.05) is 36.4 Å². The van der Waals surface area contributed by atoms with E-state index in [0.29, 0.717) is 6.54 Å². The van der Waals surface area contributed by atoms with Gasteiger partial charge in [-0.05, 0) is 31.5 Å². The molecule has 3 unspecified atom stereocenters. The number of hydrogen-bond acceptors (Lipinski definition) is 4. The van der Waals surface area contributed by atoms with Crippen molar-refractivity contribution >= 4 is 43.6 Å². The Morgan fingerprint density at radius 1 is 1.03 bits per heavy atom. The molecule has 0 saturated carbocycles. The summed E-state index contributed by atoms with van der Waals surface area (Å²) >= 11 is 0. The van der Waals surface area contributed by atoms with Crippen LogP contribution in [0.3, 0.4) is 0 Å². The maximum Gasteiger partial charge on any atom is 0.150 e. The maximum atomic E-state index is 11.1. The number of hydrogen-bond donors (Lipinski definition) is 3. The van der Waals surface area contributed by atoms with Gasteiger partial charge in [-0.3, -0.25) is 5.32 Å². The van der Waals surface area contributed by atoms with E-state index in [1.165, 1.54) is 5.39 Å². The van der Waals surface area contributed by atoms with E-state index in [0.717, 1.165) is 55.8 Å². The van der Waals surface area contributed by atoms with Crippen molar-refractivity contribution in [3.8, 4) is 0 Å². The predicted octanol–water partition coefficient (Wildman–Crippen LogP) is 4.60. The van der Waals surface area contributed by atoms with Crippen LogP contribution in [0.15, 0.2) is 48.5 Å². The van der Waals surface area contributed by atoms with Crippen molar-refractivity contribution in [2.24, 2.45) is 5.92 Å². The number of rotatable bonds is 1. The highest BCUT2D eigenvalue weighted by molar-refractivity contribution is 6.25. The average Bonchev–Trinajstić information content (AvgIpc) is 3.51. The highest BCUT2D eigenvalue weighted by atomic mass is 16.5. The summed E-state index contributed by atoms with van der Waals surface area (Å²) in [6.07, 6.45) is -0.669. The molecule has 166 valence electrons. The number of benzene rings is 3. The number of aromatic nitrogens is 2. The molecule has 3 aliphatic heterocycles. The van der Waals surface area contributed by atoms with Crippen molar-refractivity contribution in [2.45, 2.75) is 51.1 Å². The molecule has 2 aromatic heterocycles. The first-order valence-electron chi connectivity index (χ1n) is 11.8. The van der Waals surface area contributed by atoms with Crippen molar-refractivity contribution < 1.29 is 14.9 Å². The van der Waals surface area contributed by atoms with Crippen LogP contribution in [-0.4, -0.2) is 25.5 Å². The molecular formula is C27H25N3O3. The zero-order valence-corrected chi connectivity index (χ0v) is 18.5. The minimum atomic E-state index is -0.701. The molecule has 5 atom stereocenters. The molecule has 6 heteroatoms. The number of ether oxygens (including phenoxy) is 1. The number of nitrogens with one attached hydrogen (secondary N) is 1. The minimum absolute atomic E-state index is 0.0529. The number of para-hydroxylation sites is 2. The maximum absolute atomic E-state index is 11.1. The number of nitrogens with zero attached hydrogens (tertiary/aromatic N) is 2. The van der Waals surface area contributed by atoms with E-state index < -0.39 is 18.1 Å². The Bertz CT molecular complexity index is 1660. The van der Waals surface area contributed by atoms with Gasteiger partial charge in [-0.2, -0.15) is 0 Å². The molecule has 5 aromatic rings. The fraction of sp³-hybridized carbons (Fsp3) is 0.333. The smallest absolute Gasteiger partial charge is 0.150 e. The van der Waals surface area contributed by atoms with Gasteiger partial charge in [0.05, 0.1) is 28.2 Å². The van der Waals surface area contributed by atoms with E-state index in [1.54, 1.807) is 0 Å². The lowest BCUT2D eigenvalue weighted by Gasteiger charge is -2.35. The summed E-state index contributed by atoms with van der Waals surface area (Å²) in [5.41, 5.74) is 5.96. The molecule has 0 spiro atoms. The molecular weight excluding hydrogens is 414 g/mol. The summed E-state index contributed by atoms with van der Waals surface area (Å²) in [7, 11) is 0. The van der Waals surface area contributed by atoms with Gasteiger partial charge in [-0.15, -0.1) is 0 Å². The van der Waals surface area contributed by atoms with Crippen molar-refractivity contribution in [3.05, 3.63) is 59.7 Å². The lowest BCUT2D eigenvalue weighted by atomic mass is 9.89. The first-order chi connectivity index (χ1) is 16.0. The van der Waals surface area contributed by atoms with Gasteiger partial charge in [-0.25, -0.2) is 0 Å². The van der Waals surface area contributed by atoms with E-state index in [2.05, 4.69) is 69.9 Å². The lowest BCUT2D eigenvalue weighted by molar-refractivity contribution is -0.131. The van der Waals surface area contributed by atoms with E-state index >= 15 is 0 Å². The Labute approximate surface area is 190 Å². The highest BCUT2D eigenvalue weighted by Gasteiger charge is 2.53. The highest BCUT2D eigenvalue weighted by Crippen LogP contribution is 2.57. The molecule has 5 heterocycles.